The quantitative estimate of drug-likeness (QED) is 0.890. The average molecular weight is 305 g/mol. The van der Waals surface area contributed by atoms with Gasteiger partial charge in [0.1, 0.15) is 4.90 Å². The number of nitrogens with one attached hydrogen (secondary N) is 1. The number of pyridine rings is 1. The van der Waals surface area contributed by atoms with Crippen LogP contribution in [0.2, 0.25) is 0 Å². The third-order valence-corrected chi connectivity index (χ3v) is 5.21. The van der Waals surface area contributed by atoms with Gasteiger partial charge in [-0.2, -0.15) is 4.31 Å². The Kier molecular flexibility index (Phi) is 4.93. The number of sulfonamides is 1. The Morgan fingerprint density at radius 2 is 1.81 bits per heavy atom. The van der Waals surface area contributed by atoms with Gasteiger partial charge >= 0.3 is 0 Å². The number of anilines is 1. The summed E-state index contributed by atoms with van der Waals surface area (Å²) in [6, 6.07) is 10.6. The molecule has 0 amide bonds. The fraction of sp³-hybridized carbons (Fsp3) is 0.267. The maximum Gasteiger partial charge on any atom is 0.245 e. The minimum atomic E-state index is -3.54. The van der Waals surface area contributed by atoms with E-state index in [0.717, 1.165) is 5.56 Å². The van der Waals surface area contributed by atoms with Crippen LogP contribution in [0.4, 0.5) is 5.69 Å². The van der Waals surface area contributed by atoms with Crippen LogP contribution in [-0.4, -0.2) is 31.3 Å². The van der Waals surface area contributed by atoms with Gasteiger partial charge in [-0.05, 0) is 29.8 Å². The molecule has 0 saturated carbocycles. The molecule has 0 bridgehead atoms. The number of hydrogen-bond donors (Lipinski definition) is 1. The SMILES string of the molecule is CCN(Cc1ccncc1)S(=O)(=O)c1ccccc1NC. The molecule has 112 valence electrons. The van der Waals surface area contributed by atoms with Crippen molar-refractivity contribution in [1.82, 2.24) is 9.29 Å². The number of hydrogen-bond acceptors (Lipinski definition) is 4. The second kappa shape index (κ2) is 6.69. The highest BCUT2D eigenvalue weighted by molar-refractivity contribution is 7.89. The predicted molar refractivity (Wildman–Crippen MR) is 83.5 cm³/mol. The topological polar surface area (TPSA) is 62.3 Å². The molecule has 0 unspecified atom stereocenters. The molecule has 0 atom stereocenters. The normalized spacial score (nSPS) is 11.6. The number of nitrogens with zero attached hydrogens (tertiary/aromatic N) is 2. The van der Waals surface area contributed by atoms with Gasteiger partial charge in [-0.3, -0.25) is 4.98 Å². The summed E-state index contributed by atoms with van der Waals surface area (Å²) in [6.45, 7) is 2.57. The van der Waals surface area contributed by atoms with Gasteiger partial charge in [-0.25, -0.2) is 8.42 Å². The molecule has 1 N–H and O–H groups in total. The number of benzene rings is 1. The Morgan fingerprint density at radius 3 is 2.43 bits per heavy atom. The summed E-state index contributed by atoms with van der Waals surface area (Å²) in [5, 5.41) is 2.93. The van der Waals surface area contributed by atoms with Crippen molar-refractivity contribution in [2.45, 2.75) is 18.4 Å². The number of aromatic nitrogens is 1. The molecule has 2 rings (SSSR count). The van der Waals surface area contributed by atoms with E-state index in [4.69, 9.17) is 0 Å². The van der Waals surface area contributed by atoms with Crippen molar-refractivity contribution >= 4 is 15.7 Å². The molecule has 0 spiro atoms. The fourth-order valence-corrected chi connectivity index (χ4v) is 3.73. The van der Waals surface area contributed by atoms with Gasteiger partial charge in [0.25, 0.3) is 0 Å². The highest BCUT2D eigenvalue weighted by Crippen LogP contribution is 2.25. The van der Waals surface area contributed by atoms with Crippen molar-refractivity contribution in [3.63, 3.8) is 0 Å². The first-order chi connectivity index (χ1) is 10.1. The van der Waals surface area contributed by atoms with E-state index in [1.807, 2.05) is 25.1 Å². The molecule has 0 saturated heterocycles. The molecule has 21 heavy (non-hydrogen) atoms. The Labute approximate surface area is 125 Å². The van der Waals surface area contributed by atoms with Crippen molar-refractivity contribution < 1.29 is 8.42 Å². The third kappa shape index (κ3) is 3.40. The highest BCUT2D eigenvalue weighted by Gasteiger charge is 2.25. The average Bonchev–Trinajstić information content (AvgIpc) is 2.53. The Hall–Kier alpha value is -1.92. The summed E-state index contributed by atoms with van der Waals surface area (Å²) in [4.78, 5) is 4.24. The number of para-hydroxylation sites is 1. The summed E-state index contributed by atoms with van der Waals surface area (Å²) >= 11 is 0. The second-order valence-corrected chi connectivity index (χ2v) is 6.44. The minimum absolute atomic E-state index is 0.295. The van der Waals surface area contributed by atoms with Crippen molar-refractivity contribution in [1.29, 1.82) is 0 Å². The molecule has 0 aliphatic rings. The predicted octanol–water partition coefficient (Wildman–Crippen LogP) is 2.33. The standard InChI is InChI=1S/C15H19N3O2S/c1-3-18(12-13-8-10-17-11-9-13)21(19,20)15-7-5-4-6-14(15)16-2/h4-11,16H,3,12H2,1-2H3. The zero-order chi connectivity index (χ0) is 15.3. The van der Waals surface area contributed by atoms with E-state index in [-0.39, 0.29) is 0 Å². The molecular weight excluding hydrogens is 286 g/mol. The molecule has 1 aromatic heterocycles. The molecule has 0 aliphatic heterocycles. The fourth-order valence-electron chi connectivity index (χ4n) is 2.10. The van der Waals surface area contributed by atoms with Crippen LogP contribution in [-0.2, 0) is 16.6 Å². The summed E-state index contributed by atoms with van der Waals surface area (Å²) in [7, 11) is -1.83. The van der Waals surface area contributed by atoms with Gasteiger partial charge < -0.3 is 5.32 Å². The smallest absolute Gasteiger partial charge is 0.245 e. The van der Waals surface area contributed by atoms with E-state index in [2.05, 4.69) is 10.3 Å². The first kappa shape index (κ1) is 15.5. The Bertz CT molecular complexity index is 687. The van der Waals surface area contributed by atoms with E-state index in [0.29, 0.717) is 23.7 Å². The monoisotopic (exact) mass is 305 g/mol. The van der Waals surface area contributed by atoms with Gasteiger partial charge in [0, 0.05) is 32.5 Å². The van der Waals surface area contributed by atoms with E-state index in [1.165, 1.54) is 4.31 Å². The summed E-state index contributed by atoms with van der Waals surface area (Å²) in [5.74, 6) is 0. The molecular formula is C15H19N3O2S. The molecule has 0 radical (unpaired) electrons. The van der Waals surface area contributed by atoms with Crippen LogP contribution in [0.3, 0.4) is 0 Å². The molecule has 5 nitrogen and oxygen atoms in total. The van der Waals surface area contributed by atoms with Crippen LogP contribution in [0.25, 0.3) is 0 Å². The Morgan fingerprint density at radius 1 is 1.14 bits per heavy atom. The van der Waals surface area contributed by atoms with Crippen LogP contribution < -0.4 is 5.32 Å². The van der Waals surface area contributed by atoms with Gasteiger partial charge in [0.05, 0.1) is 5.69 Å². The lowest BCUT2D eigenvalue weighted by atomic mass is 10.3. The largest absolute Gasteiger partial charge is 0.387 e. The lowest BCUT2D eigenvalue weighted by molar-refractivity contribution is 0.423. The van der Waals surface area contributed by atoms with E-state index in [9.17, 15) is 8.42 Å². The van der Waals surface area contributed by atoms with Crippen LogP contribution in [0.15, 0.2) is 53.7 Å². The van der Waals surface area contributed by atoms with Crippen LogP contribution >= 0.6 is 0 Å². The molecule has 0 aliphatic carbocycles. The lowest BCUT2D eigenvalue weighted by Gasteiger charge is -2.22. The molecule has 1 aromatic carbocycles. The van der Waals surface area contributed by atoms with Gasteiger partial charge in [-0.15, -0.1) is 0 Å². The highest BCUT2D eigenvalue weighted by atomic mass is 32.2. The van der Waals surface area contributed by atoms with Gasteiger partial charge in [-0.1, -0.05) is 19.1 Å². The zero-order valence-electron chi connectivity index (χ0n) is 12.2. The first-order valence-electron chi connectivity index (χ1n) is 6.75. The van der Waals surface area contributed by atoms with Crippen molar-refractivity contribution in [2.75, 3.05) is 18.9 Å². The first-order valence-corrected chi connectivity index (χ1v) is 8.19. The van der Waals surface area contributed by atoms with E-state index in [1.54, 1.807) is 37.6 Å². The molecule has 2 aromatic rings. The van der Waals surface area contributed by atoms with Gasteiger partial charge in [0.15, 0.2) is 0 Å². The minimum Gasteiger partial charge on any atom is -0.387 e. The van der Waals surface area contributed by atoms with Crippen LogP contribution in [0.1, 0.15) is 12.5 Å². The number of rotatable bonds is 6. The Balaban J connectivity index is 2.36. The van der Waals surface area contributed by atoms with Crippen molar-refractivity contribution in [2.24, 2.45) is 0 Å². The second-order valence-electron chi connectivity index (χ2n) is 4.53. The molecule has 6 heteroatoms. The maximum atomic E-state index is 12.8. The van der Waals surface area contributed by atoms with Crippen molar-refractivity contribution in [3.05, 3.63) is 54.4 Å². The zero-order valence-corrected chi connectivity index (χ0v) is 13.0. The van der Waals surface area contributed by atoms with E-state index < -0.39 is 10.0 Å². The maximum absolute atomic E-state index is 12.8. The summed E-state index contributed by atoms with van der Waals surface area (Å²) < 4.78 is 27.1. The third-order valence-electron chi connectivity index (χ3n) is 3.24. The van der Waals surface area contributed by atoms with Crippen molar-refractivity contribution in [3.8, 4) is 0 Å². The van der Waals surface area contributed by atoms with E-state index >= 15 is 0 Å². The van der Waals surface area contributed by atoms with Gasteiger partial charge in [0.2, 0.25) is 10.0 Å². The summed E-state index contributed by atoms with van der Waals surface area (Å²) in [5.41, 5.74) is 1.52. The summed E-state index contributed by atoms with van der Waals surface area (Å²) in [6.07, 6.45) is 3.33. The molecule has 0 fully saturated rings. The lowest BCUT2D eigenvalue weighted by Crippen LogP contribution is -2.31. The van der Waals surface area contributed by atoms with Crippen LogP contribution in [0, 0.1) is 0 Å². The van der Waals surface area contributed by atoms with Crippen LogP contribution in [0.5, 0.6) is 0 Å². The molecule has 1 heterocycles.